The second-order valence-corrected chi connectivity index (χ2v) is 9.48. The van der Waals surface area contributed by atoms with E-state index in [2.05, 4.69) is 4.72 Å². The number of carbonyl (C=O) groups is 1. The van der Waals surface area contributed by atoms with Crippen molar-refractivity contribution in [2.75, 3.05) is 19.6 Å². The molecule has 0 bridgehead atoms. The van der Waals surface area contributed by atoms with Gasteiger partial charge in [0.25, 0.3) is 5.91 Å². The molecule has 1 aliphatic carbocycles. The smallest absolute Gasteiger partial charge is 0.253 e. The molecule has 0 radical (unpaired) electrons. The van der Waals surface area contributed by atoms with E-state index in [1.54, 1.807) is 17.0 Å². The molecule has 2 aromatic carbocycles. The number of hydrogen-bond acceptors (Lipinski definition) is 4. The summed E-state index contributed by atoms with van der Waals surface area (Å²) < 4.78 is 27.6. The molecule has 0 spiro atoms. The summed E-state index contributed by atoms with van der Waals surface area (Å²) in [5.41, 5.74) is 7.78. The zero-order valence-electron chi connectivity index (χ0n) is 16.0. The quantitative estimate of drug-likeness (QED) is 0.728. The highest BCUT2D eigenvalue weighted by Crippen LogP contribution is 2.29. The molecule has 2 aliphatic rings. The Bertz CT molecular complexity index is 964. The zero-order chi connectivity index (χ0) is 19.7. The molecular formula is C21H26ClN3O3S. The number of rotatable bonds is 6. The van der Waals surface area contributed by atoms with E-state index in [0.717, 1.165) is 18.4 Å². The average molecular weight is 436 g/mol. The van der Waals surface area contributed by atoms with Gasteiger partial charge in [-0.15, -0.1) is 12.4 Å². The monoisotopic (exact) mass is 435 g/mol. The minimum absolute atomic E-state index is 0. The molecule has 6 nitrogen and oxygen atoms in total. The fourth-order valence-corrected chi connectivity index (χ4v) is 4.82. The van der Waals surface area contributed by atoms with Gasteiger partial charge < -0.3 is 10.6 Å². The molecule has 0 aromatic heterocycles. The second kappa shape index (κ2) is 8.83. The molecule has 29 heavy (non-hydrogen) atoms. The summed E-state index contributed by atoms with van der Waals surface area (Å²) in [4.78, 5) is 14.8. The standard InChI is InChI=1S/C21H25N3O3S.ClH/c22-20-14-24(13-19(20)16-5-2-1-3-6-16)21(25)17-7-4-8-18(11-17)28(26,27)23-12-15-9-10-15;/h1-8,11,15,19-20,23H,9-10,12-14,22H2;1H/t19-,20+;/m0./s1. The molecule has 2 aromatic rings. The Balaban J connectivity index is 0.00000240. The molecular weight excluding hydrogens is 410 g/mol. The van der Waals surface area contributed by atoms with Gasteiger partial charge in [0, 0.05) is 37.2 Å². The largest absolute Gasteiger partial charge is 0.336 e. The molecule has 4 rings (SSSR count). The number of likely N-dealkylation sites (tertiary alicyclic amines) is 1. The summed E-state index contributed by atoms with van der Waals surface area (Å²) in [5.74, 6) is 0.339. The lowest BCUT2D eigenvalue weighted by Gasteiger charge is -2.17. The Morgan fingerprint density at radius 1 is 1.07 bits per heavy atom. The van der Waals surface area contributed by atoms with Crippen LogP contribution in [0.3, 0.4) is 0 Å². The Kier molecular flexibility index (Phi) is 6.63. The van der Waals surface area contributed by atoms with Gasteiger partial charge in [-0.05, 0) is 42.5 Å². The van der Waals surface area contributed by atoms with Gasteiger partial charge in [0.2, 0.25) is 10.0 Å². The Morgan fingerprint density at radius 3 is 2.48 bits per heavy atom. The Morgan fingerprint density at radius 2 is 1.79 bits per heavy atom. The molecule has 8 heteroatoms. The van der Waals surface area contributed by atoms with E-state index in [1.807, 2.05) is 30.3 Å². The van der Waals surface area contributed by atoms with Gasteiger partial charge in [-0.2, -0.15) is 0 Å². The van der Waals surface area contributed by atoms with Crippen molar-refractivity contribution in [3.63, 3.8) is 0 Å². The predicted octanol–water partition coefficient (Wildman–Crippen LogP) is 2.36. The van der Waals surface area contributed by atoms with E-state index < -0.39 is 10.0 Å². The summed E-state index contributed by atoms with van der Waals surface area (Å²) in [6.07, 6.45) is 2.14. The van der Waals surface area contributed by atoms with Crippen LogP contribution in [-0.4, -0.2) is 44.9 Å². The van der Waals surface area contributed by atoms with Crippen LogP contribution in [-0.2, 0) is 10.0 Å². The molecule has 1 heterocycles. The zero-order valence-corrected chi connectivity index (χ0v) is 17.7. The third-order valence-corrected chi connectivity index (χ3v) is 6.95. The van der Waals surface area contributed by atoms with Crippen molar-refractivity contribution in [3.05, 3.63) is 65.7 Å². The third kappa shape index (κ3) is 4.98. The van der Waals surface area contributed by atoms with Crippen LogP contribution in [0.1, 0.15) is 34.7 Å². The maximum absolute atomic E-state index is 13.0. The van der Waals surface area contributed by atoms with E-state index in [-0.39, 0.29) is 35.2 Å². The van der Waals surface area contributed by atoms with Gasteiger partial charge in [0.05, 0.1) is 4.90 Å². The number of nitrogens with two attached hydrogens (primary N) is 1. The van der Waals surface area contributed by atoms with Gasteiger partial charge in [0.1, 0.15) is 0 Å². The number of nitrogens with one attached hydrogen (secondary N) is 1. The van der Waals surface area contributed by atoms with Crippen LogP contribution in [0.2, 0.25) is 0 Å². The Labute approximate surface area is 177 Å². The highest BCUT2D eigenvalue weighted by molar-refractivity contribution is 7.89. The molecule has 1 aliphatic heterocycles. The number of carbonyl (C=O) groups excluding carboxylic acids is 1. The molecule has 1 saturated carbocycles. The first-order valence-corrected chi connectivity index (χ1v) is 11.1. The van der Waals surface area contributed by atoms with E-state index in [4.69, 9.17) is 5.73 Å². The van der Waals surface area contributed by atoms with Crippen LogP contribution in [0.4, 0.5) is 0 Å². The van der Waals surface area contributed by atoms with Crippen LogP contribution >= 0.6 is 12.4 Å². The van der Waals surface area contributed by atoms with Gasteiger partial charge >= 0.3 is 0 Å². The number of amides is 1. The van der Waals surface area contributed by atoms with Crippen LogP contribution in [0.5, 0.6) is 0 Å². The van der Waals surface area contributed by atoms with Crippen molar-refractivity contribution in [2.24, 2.45) is 11.7 Å². The number of hydrogen-bond donors (Lipinski definition) is 2. The first-order chi connectivity index (χ1) is 13.4. The molecule has 2 fully saturated rings. The second-order valence-electron chi connectivity index (χ2n) is 7.71. The molecule has 1 saturated heterocycles. The van der Waals surface area contributed by atoms with Gasteiger partial charge in [0.15, 0.2) is 0 Å². The lowest BCUT2D eigenvalue weighted by Crippen LogP contribution is -2.32. The lowest BCUT2D eigenvalue weighted by molar-refractivity contribution is 0.0789. The van der Waals surface area contributed by atoms with Crippen molar-refractivity contribution in [3.8, 4) is 0 Å². The van der Waals surface area contributed by atoms with Crippen LogP contribution in [0.15, 0.2) is 59.5 Å². The fraction of sp³-hybridized carbons (Fsp3) is 0.381. The van der Waals surface area contributed by atoms with Crippen LogP contribution in [0, 0.1) is 5.92 Å². The van der Waals surface area contributed by atoms with Crippen molar-refractivity contribution in [1.29, 1.82) is 0 Å². The van der Waals surface area contributed by atoms with E-state index in [1.165, 1.54) is 12.1 Å². The maximum Gasteiger partial charge on any atom is 0.253 e. The summed E-state index contributed by atoms with van der Waals surface area (Å²) >= 11 is 0. The van der Waals surface area contributed by atoms with E-state index in [9.17, 15) is 13.2 Å². The van der Waals surface area contributed by atoms with Crippen molar-refractivity contribution < 1.29 is 13.2 Å². The minimum atomic E-state index is -3.60. The summed E-state index contributed by atoms with van der Waals surface area (Å²) in [6.45, 7) is 1.44. The Hall–Kier alpha value is -1.93. The highest BCUT2D eigenvalue weighted by atomic mass is 35.5. The first kappa shape index (κ1) is 21.8. The van der Waals surface area contributed by atoms with E-state index in [0.29, 0.717) is 31.1 Å². The molecule has 3 N–H and O–H groups in total. The van der Waals surface area contributed by atoms with Crippen LogP contribution in [0.25, 0.3) is 0 Å². The normalized spacial score (nSPS) is 21.6. The highest BCUT2D eigenvalue weighted by Gasteiger charge is 2.34. The number of sulfonamides is 1. The van der Waals surface area contributed by atoms with Gasteiger partial charge in [-0.25, -0.2) is 13.1 Å². The molecule has 156 valence electrons. The van der Waals surface area contributed by atoms with E-state index >= 15 is 0 Å². The van der Waals surface area contributed by atoms with Crippen molar-refractivity contribution in [2.45, 2.75) is 29.7 Å². The predicted molar refractivity (Wildman–Crippen MR) is 115 cm³/mol. The SMILES string of the molecule is Cl.N[C@@H]1CN(C(=O)c2cccc(S(=O)(=O)NCC3CC3)c2)C[C@H]1c1ccccc1. The summed E-state index contributed by atoms with van der Waals surface area (Å²) in [5, 5.41) is 0. The maximum atomic E-state index is 13.0. The van der Waals surface area contributed by atoms with Crippen molar-refractivity contribution in [1.82, 2.24) is 9.62 Å². The fourth-order valence-electron chi connectivity index (χ4n) is 3.66. The minimum Gasteiger partial charge on any atom is -0.336 e. The average Bonchev–Trinajstić information content (AvgIpc) is 3.47. The topological polar surface area (TPSA) is 92.5 Å². The number of nitrogens with zero attached hydrogens (tertiary/aromatic N) is 1. The molecule has 1 amide bonds. The molecule has 0 unspecified atom stereocenters. The van der Waals surface area contributed by atoms with Gasteiger partial charge in [-0.1, -0.05) is 36.4 Å². The van der Waals surface area contributed by atoms with Gasteiger partial charge in [-0.3, -0.25) is 4.79 Å². The first-order valence-electron chi connectivity index (χ1n) is 9.63. The molecule has 2 atom stereocenters. The number of benzene rings is 2. The third-order valence-electron chi connectivity index (χ3n) is 5.53. The van der Waals surface area contributed by atoms with Crippen molar-refractivity contribution >= 4 is 28.3 Å². The van der Waals surface area contributed by atoms with Crippen LogP contribution < -0.4 is 10.5 Å². The number of halogens is 1. The summed E-state index contributed by atoms with van der Waals surface area (Å²) in [7, 11) is -3.60. The lowest BCUT2D eigenvalue weighted by atomic mass is 9.95. The summed E-state index contributed by atoms with van der Waals surface area (Å²) in [6, 6.07) is 16.1.